The van der Waals surface area contributed by atoms with E-state index in [9.17, 15) is 21.6 Å². The molecule has 0 aliphatic rings. The minimum absolute atomic E-state index is 0.128. The number of thioether (sulfide) groups is 1. The van der Waals surface area contributed by atoms with E-state index in [0.717, 1.165) is 29.8 Å². The second kappa shape index (κ2) is 8.58. The van der Waals surface area contributed by atoms with Gasteiger partial charge in [-0.3, -0.25) is 0 Å². The van der Waals surface area contributed by atoms with Crippen LogP contribution in [0.1, 0.15) is 16.7 Å². The lowest BCUT2D eigenvalue weighted by Crippen LogP contribution is -2.26. The topological polar surface area (TPSA) is 70.0 Å². The Hall–Kier alpha value is -2.02. The van der Waals surface area contributed by atoms with Gasteiger partial charge in [-0.2, -0.15) is 30.2 Å². The van der Waals surface area contributed by atoms with Gasteiger partial charge in [0, 0.05) is 18.1 Å². The molecule has 0 spiro atoms. The number of alkyl halides is 3. The molecule has 0 unspecified atom stereocenters. The number of hydrogen-bond acceptors (Lipinski definition) is 4. The molecular weight excluding hydrogens is 385 g/mol. The highest BCUT2D eigenvalue weighted by molar-refractivity contribution is 7.98. The highest BCUT2D eigenvalue weighted by Gasteiger charge is 2.30. The van der Waals surface area contributed by atoms with Crippen LogP contribution in [0.25, 0.3) is 0 Å². The van der Waals surface area contributed by atoms with Crippen LogP contribution in [0.4, 0.5) is 13.2 Å². The second-order valence-corrected chi connectivity index (χ2v) is 8.11. The highest BCUT2D eigenvalue weighted by Crippen LogP contribution is 2.29. The summed E-state index contributed by atoms with van der Waals surface area (Å²) >= 11 is 1.45. The average Bonchev–Trinajstić information content (AvgIpc) is 2.61. The summed E-state index contributed by atoms with van der Waals surface area (Å²) in [6.07, 6.45) is -4.51. The Bertz CT molecular complexity index is 889. The van der Waals surface area contributed by atoms with Crippen molar-refractivity contribution in [3.63, 3.8) is 0 Å². The van der Waals surface area contributed by atoms with Gasteiger partial charge in [0.25, 0.3) is 0 Å². The van der Waals surface area contributed by atoms with Crippen molar-refractivity contribution in [2.45, 2.75) is 16.8 Å². The number of benzene rings is 2. The van der Waals surface area contributed by atoms with Crippen LogP contribution < -0.4 is 4.72 Å². The third-order valence-corrected chi connectivity index (χ3v) is 5.91. The molecule has 0 bridgehead atoms. The summed E-state index contributed by atoms with van der Waals surface area (Å²) in [5.41, 5.74) is 0.541. The van der Waals surface area contributed by atoms with Gasteiger partial charge in [0.1, 0.15) is 0 Å². The van der Waals surface area contributed by atoms with Gasteiger partial charge in [-0.25, -0.2) is 13.1 Å². The average molecular weight is 400 g/mol. The van der Waals surface area contributed by atoms with Crippen molar-refractivity contribution in [2.75, 3.05) is 12.3 Å². The third kappa shape index (κ3) is 5.49. The molecular formula is C17H15F3N2O2S2. The van der Waals surface area contributed by atoms with Crippen LogP contribution in [0, 0.1) is 11.3 Å². The minimum atomic E-state index is -4.51. The first-order valence-corrected chi connectivity index (χ1v) is 10.1. The predicted molar refractivity (Wildman–Crippen MR) is 94.0 cm³/mol. The van der Waals surface area contributed by atoms with E-state index in [1.54, 1.807) is 12.1 Å². The number of halogens is 3. The molecule has 2 aromatic rings. The Morgan fingerprint density at radius 3 is 2.35 bits per heavy atom. The third-order valence-electron chi connectivity index (χ3n) is 3.43. The largest absolute Gasteiger partial charge is 0.416 e. The van der Waals surface area contributed by atoms with Crippen molar-refractivity contribution in [1.82, 2.24) is 4.72 Å². The molecule has 0 aliphatic heterocycles. The van der Waals surface area contributed by atoms with E-state index >= 15 is 0 Å². The van der Waals surface area contributed by atoms with Crippen molar-refractivity contribution in [2.24, 2.45) is 0 Å². The van der Waals surface area contributed by atoms with Gasteiger partial charge in [0.15, 0.2) is 0 Å². The monoisotopic (exact) mass is 400 g/mol. The number of sulfonamides is 1. The van der Waals surface area contributed by atoms with Crippen LogP contribution >= 0.6 is 11.8 Å². The molecule has 0 heterocycles. The summed E-state index contributed by atoms with van der Waals surface area (Å²) in [4.78, 5) is -0.217. The van der Waals surface area contributed by atoms with Gasteiger partial charge in [0.2, 0.25) is 10.0 Å². The lowest BCUT2D eigenvalue weighted by Gasteiger charge is -2.09. The second-order valence-electron chi connectivity index (χ2n) is 5.24. The Balaban J connectivity index is 1.86. The molecule has 2 aromatic carbocycles. The smallest absolute Gasteiger partial charge is 0.210 e. The number of nitrogens with one attached hydrogen (secondary N) is 1. The van der Waals surface area contributed by atoms with Crippen LogP contribution in [0.5, 0.6) is 0 Å². The summed E-state index contributed by atoms with van der Waals surface area (Å²) in [6.45, 7) is 0.128. The standard InChI is InChI=1S/C17H15F3N2O2S2/c18-17(19,20)15-5-7-16(8-6-15)26(23,24)22-9-10-25-12-14-4-2-1-3-13(14)11-21/h1-8,22H,9-10,12H2. The summed E-state index contributed by atoms with van der Waals surface area (Å²) in [5.74, 6) is 1.02. The quantitative estimate of drug-likeness (QED) is 0.718. The molecule has 0 aliphatic carbocycles. The molecule has 26 heavy (non-hydrogen) atoms. The fourth-order valence-electron chi connectivity index (χ4n) is 2.09. The predicted octanol–water partition coefficient (Wildman–Crippen LogP) is 3.79. The van der Waals surface area contributed by atoms with Crippen LogP contribution in [-0.2, 0) is 22.0 Å². The molecule has 2 rings (SSSR count). The summed E-state index contributed by atoms with van der Waals surface area (Å²) in [6, 6.07) is 12.6. The van der Waals surface area contributed by atoms with Crippen LogP contribution in [0.2, 0.25) is 0 Å². The molecule has 138 valence electrons. The maximum absolute atomic E-state index is 12.5. The number of nitrogens with zero attached hydrogens (tertiary/aromatic N) is 1. The van der Waals surface area contributed by atoms with Crippen molar-refractivity contribution in [1.29, 1.82) is 5.26 Å². The van der Waals surface area contributed by atoms with E-state index in [1.807, 2.05) is 12.1 Å². The number of rotatable bonds is 7. The van der Waals surface area contributed by atoms with Crippen molar-refractivity contribution < 1.29 is 21.6 Å². The van der Waals surface area contributed by atoms with Crippen LogP contribution in [0.3, 0.4) is 0 Å². The lowest BCUT2D eigenvalue weighted by molar-refractivity contribution is -0.137. The molecule has 0 aromatic heterocycles. The van der Waals surface area contributed by atoms with Crippen molar-refractivity contribution in [3.8, 4) is 6.07 Å². The molecule has 0 radical (unpaired) electrons. The van der Waals surface area contributed by atoms with Crippen molar-refractivity contribution in [3.05, 3.63) is 65.2 Å². The number of hydrogen-bond donors (Lipinski definition) is 1. The molecule has 9 heteroatoms. The summed E-state index contributed by atoms with van der Waals surface area (Å²) in [5, 5.41) is 9.00. The molecule has 0 amide bonds. The molecule has 4 nitrogen and oxygen atoms in total. The SMILES string of the molecule is N#Cc1ccccc1CSCCNS(=O)(=O)c1ccc(C(F)(F)F)cc1. The first-order chi connectivity index (χ1) is 12.2. The Kier molecular flexibility index (Phi) is 6.69. The fraction of sp³-hybridized carbons (Fsp3) is 0.235. The molecule has 1 N–H and O–H groups in total. The highest BCUT2D eigenvalue weighted by atomic mass is 32.2. The molecule has 0 saturated carbocycles. The summed E-state index contributed by atoms with van der Waals surface area (Å²) < 4.78 is 64.0. The molecule has 0 atom stereocenters. The van der Waals surface area contributed by atoms with Crippen LogP contribution in [-0.4, -0.2) is 20.7 Å². The van der Waals surface area contributed by atoms with Crippen molar-refractivity contribution >= 4 is 21.8 Å². The Labute approximate surface area is 154 Å². The van der Waals surface area contributed by atoms with E-state index in [4.69, 9.17) is 5.26 Å². The normalized spacial score (nSPS) is 11.9. The lowest BCUT2D eigenvalue weighted by atomic mass is 10.1. The van der Waals surface area contributed by atoms with Gasteiger partial charge < -0.3 is 0 Å². The Morgan fingerprint density at radius 1 is 1.08 bits per heavy atom. The van der Waals surface area contributed by atoms with E-state index < -0.39 is 21.8 Å². The van der Waals surface area contributed by atoms with Gasteiger partial charge >= 0.3 is 6.18 Å². The van der Waals surface area contributed by atoms with Gasteiger partial charge in [-0.15, -0.1) is 0 Å². The van der Waals surface area contributed by atoms with E-state index in [1.165, 1.54) is 11.8 Å². The molecule has 0 fully saturated rings. The minimum Gasteiger partial charge on any atom is -0.210 e. The first-order valence-electron chi connectivity index (χ1n) is 7.47. The summed E-state index contributed by atoms with van der Waals surface area (Å²) in [7, 11) is -3.86. The number of nitriles is 1. The zero-order valence-electron chi connectivity index (χ0n) is 13.5. The maximum atomic E-state index is 12.5. The van der Waals surface area contributed by atoms with E-state index in [0.29, 0.717) is 17.1 Å². The van der Waals surface area contributed by atoms with E-state index in [-0.39, 0.29) is 11.4 Å². The van der Waals surface area contributed by atoms with Gasteiger partial charge in [-0.05, 0) is 35.9 Å². The van der Waals surface area contributed by atoms with Gasteiger partial charge in [0.05, 0.1) is 22.1 Å². The Morgan fingerprint density at radius 2 is 1.73 bits per heavy atom. The first kappa shape index (κ1) is 20.3. The van der Waals surface area contributed by atoms with E-state index in [2.05, 4.69) is 10.8 Å². The fourth-order valence-corrected chi connectivity index (χ4v) is 4.12. The van der Waals surface area contributed by atoms with Crippen LogP contribution in [0.15, 0.2) is 53.4 Å². The molecule has 0 saturated heterocycles. The zero-order valence-corrected chi connectivity index (χ0v) is 15.1. The van der Waals surface area contributed by atoms with Gasteiger partial charge in [-0.1, -0.05) is 18.2 Å². The maximum Gasteiger partial charge on any atom is 0.416 e. The zero-order chi connectivity index (χ0) is 19.2.